The van der Waals surface area contributed by atoms with Crippen LogP contribution in [0.2, 0.25) is 0 Å². The second kappa shape index (κ2) is 1.79. The summed E-state index contributed by atoms with van der Waals surface area (Å²) in [4.78, 5) is 9.84. The van der Waals surface area contributed by atoms with Crippen molar-refractivity contribution in [2.24, 2.45) is 0 Å². The first kappa shape index (κ1) is 5.05. The van der Waals surface area contributed by atoms with Crippen LogP contribution >= 0.6 is 27.3 Å². The summed E-state index contributed by atoms with van der Waals surface area (Å²) in [5, 5.41) is 0. The van der Waals surface area contributed by atoms with Crippen LogP contribution in [-0.4, -0.2) is 0 Å². The van der Waals surface area contributed by atoms with Crippen LogP contribution in [-0.2, 0) is 0 Å². The minimum atomic E-state index is -0.271. The van der Waals surface area contributed by atoms with Gasteiger partial charge in [-0.25, -0.2) is 4.79 Å². The van der Waals surface area contributed by atoms with Gasteiger partial charge in [0, 0.05) is 0 Å². The van der Waals surface area contributed by atoms with Crippen molar-refractivity contribution in [1.82, 2.24) is 0 Å². The van der Waals surface area contributed by atoms with Crippen LogP contribution in [0.15, 0.2) is 19.3 Å². The molecule has 0 fully saturated rings. The van der Waals surface area contributed by atoms with Crippen LogP contribution < -0.4 is 4.94 Å². The summed E-state index contributed by atoms with van der Waals surface area (Å²) in [6.07, 6.45) is 1.37. The summed E-state index contributed by atoms with van der Waals surface area (Å²) in [5.41, 5.74) is 0. The van der Waals surface area contributed by atoms with Crippen molar-refractivity contribution >= 4 is 27.3 Å². The molecule has 0 radical (unpaired) electrons. The summed E-state index contributed by atoms with van der Waals surface area (Å²) in [7, 11) is 0. The molecule has 0 bridgehead atoms. The molecule has 0 amide bonds. The highest BCUT2D eigenvalue weighted by atomic mass is 79.9. The van der Waals surface area contributed by atoms with E-state index in [0.717, 1.165) is 15.1 Å². The third kappa shape index (κ3) is 1.14. The Morgan fingerprint density at radius 2 is 2.57 bits per heavy atom. The number of halogens is 1. The molecule has 0 aliphatic rings. The van der Waals surface area contributed by atoms with Crippen LogP contribution in [0.4, 0.5) is 0 Å². The highest BCUT2D eigenvalue weighted by molar-refractivity contribution is 9.11. The van der Waals surface area contributed by atoms with Crippen molar-refractivity contribution in [2.75, 3.05) is 0 Å². The van der Waals surface area contributed by atoms with E-state index in [1.165, 1.54) is 6.26 Å². The first-order valence-electron chi connectivity index (χ1n) is 1.53. The molecule has 38 valence electrons. The summed E-state index contributed by atoms with van der Waals surface area (Å²) in [5.74, 6) is 0. The van der Waals surface area contributed by atoms with Gasteiger partial charge in [0.15, 0.2) is 0 Å². The fraction of sp³-hybridized carbons (Fsp3) is 0. The highest BCUT2D eigenvalue weighted by Gasteiger charge is 1.89. The van der Waals surface area contributed by atoms with E-state index in [1.54, 1.807) is 0 Å². The summed E-state index contributed by atoms with van der Waals surface area (Å²) in [6, 6.07) is 0. The Balaban J connectivity index is 3.30. The van der Waals surface area contributed by atoms with Gasteiger partial charge in [0.1, 0.15) is 10.0 Å². The molecular formula is C3HBrO2S. The van der Waals surface area contributed by atoms with Crippen molar-refractivity contribution in [3.63, 3.8) is 0 Å². The first-order valence-corrected chi connectivity index (χ1v) is 3.14. The SMILES string of the molecule is O=c1occ(Br)s1. The van der Waals surface area contributed by atoms with Gasteiger partial charge in [-0.1, -0.05) is 0 Å². The second-order valence-corrected chi connectivity index (χ2v) is 3.25. The van der Waals surface area contributed by atoms with Gasteiger partial charge >= 0.3 is 4.94 Å². The van der Waals surface area contributed by atoms with Crippen LogP contribution in [0.5, 0.6) is 0 Å². The van der Waals surface area contributed by atoms with Crippen LogP contribution in [0.3, 0.4) is 0 Å². The smallest absolute Gasteiger partial charge is 0.396 e. The third-order valence-corrected chi connectivity index (χ3v) is 1.66. The maximum Gasteiger partial charge on any atom is 0.396 e. The lowest BCUT2D eigenvalue weighted by molar-refractivity contribution is 0.536. The minimum absolute atomic E-state index is 0.271. The fourth-order valence-electron chi connectivity index (χ4n) is 0.222. The van der Waals surface area contributed by atoms with Gasteiger partial charge in [-0.3, -0.25) is 0 Å². The summed E-state index contributed by atoms with van der Waals surface area (Å²) < 4.78 is 5.11. The van der Waals surface area contributed by atoms with Crippen LogP contribution in [0.1, 0.15) is 0 Å². The molecule has 0 saturated heterocycles. The number of rotatable bonds is 0. The quantitative estimate of drug-likeness (QED) is 0.606. The number of hydrogen-bond donors (Lipinski definition) is 0. The molecule has 0 aliphatic carbocycles. The molecule has 0 aliphatic heterocycles. The van der Waals surface area contributed by atoms with Gasteiger partial charge in [0.05, 0.1) is 0 Å². The first-order chi connectivity index (χ1) is 3.29. The molecule has 0 N–H and O–H groups in total. The molecule has 4 heteroatoms. The van der Waals surface area contributed by atoms with Gasteiger partial charge in [-0.05, 0) is 27.3 Å². The number of hydrogen-bond acceptors (Lipinski definition) is 3. The van der Waals surface area contributed by atoms with E-state index in [0.29, 0.717) is 0 Å². The summed E-state index contributed by atoms with van der Waals surface area (Å²) in [6.45, 7) is 0. The average Bonchev–Trinajstić information content (AvgIpc) is 1.87. The van der Waals surface area contributed by atoms with E-state index in [9.17, 15) is 4.79 Å². The molecule has 0 atom stereocenters. The van der Waals surface area contributed by atoms with Gasteiger partial charge < -0.3 is 4.42 Å². The molecule has 2 nitrogen and oxygen atoms in total. The zero-order chi connectivity index (χ0) is 5.28. The van der Waals surface area contributed by atoms with Crippen LogP contribution in [0, 0.1) is 0 Å². The maximum absolute atomic E-state index is 10.1. The zero-order valence-electron chi connectivity index (χ0n) is 3.18. The molecule has 0 unspecified atom stereocenters. The molecule has 0 saturated carbocycles. The lowest BCUT2D eigenvalue weighted by Crippen LogP contribution is -1.78. The van der Waals surface area contributed by atoms with Crippen molar-refractivity contribution in [2.45, 2.75) is 0 Å². The van der Waals surface area contributed by atoms with Gasteiger partial charge in [0.2, 0.25) is 0 Å². The van der Waals surface area contributed by atoms with Gasteiger partial charge in [0.25, 0.3) is 0 Å². The summed E-state index contributed by atoms with van der Waals surface area (Å²) >= 11 is 4.09. The van der Waals surface area contributed by atoms with E-state index in [2.05, 4.69) is 20.3 Å². The highest BCUT2D eigenvalue weighted by Crippen LogP contribution is 2.10. The van der Waals surface area contributed by atoms with E-state index in [1.807, 2.05) is 0 Å². The van der Waals surface area contributed by atoms with Gasteiger partial charge in [-0.15, -0.1) is 0 Å². The largest absolute Gasteiger partial charge is 0.421 e. The molecule has 1 rings (SSSR count). The minimum Gasteiger partial charge on any atom is -0.421 e. The zero-order valence-corrected chi connectivity index (χ0v) is 5.58. The van der Waals surface area contributed by atoms with E-state index in [4.69, 9.17) is 0 Å². The predicted octanol–water partition coefficient (Wildman–Crippen LogP) is 1.46. The normalized spacial score (nSPS) is 9.29. The van der Waals surface area contributed by atoms with E-state index < -0.39 is 0 Å². The Bertz CT molecular complexity index is 201. The van der Waals surface area contributed by atoms with Crippen molar-refractivity contribution in [3.8, 4) is 0 Å². The maximum atomic E-state index is 10.1. The molecule has 1 heterocycles. The van der Waals surface area contributed by atoms with Crippen molar-refractivity contribution in [3.05, 3.63) is 19.8 Å². The van der Waals surface area contributed by atoms with Gasteiger partial charge in [-0.2, -0.15) is 0 Å². The lowest BCUT2D eigenvalue weighted by atomic mass is 11.1. The molecule has 7 heavy (non-hydrogen) atoms. The molecule has 0 aromatic carbocycles. The molecular weight excluding hydrogens is 180 g/mol. The Labute approximate surface area is 51.9 Å². The van der Waals surface area contributed by atoms with Crippen molar-refractivity contribution < 1.29 is 4.42 Å². The Kier molecular flexibility index (Phi) is 1.30. The standard InChI is InChI=1S/C3HBrO2S/c4-2-1-6-3(5)7-2/h1H. The Hall–Kier alpha value is -0.0900. The monoisotopic (exact) mass is 180 g/mol. The van der Waals surface area contributed by atoms with Crippen LogP contribution in [0.25, 0.3) is 0 Å². The predicted molar refractivity (Wildman–Crippen MR) is 30.6 cm³/mol. The molecule has 1 aromatic heterocycles. The van der Waals surface area contributed by atoms with Crippen molar-refractivity contribution in [1.29, 1.82) is 0 Å². The Morgan fingerprint density at radius 1 is 1.86 bits per heavy atom. The topological polar surface area (TPSA) is 30.2 Å². The fourth-order valence-corrected chi connectivity index (χ4v) is 1.06. The van der Waals surface area contributed by atoms with E-state index in [-0.39, 0.29) is 4.94 Å². The third-order valence-electron chi connectivity index (χ3n) is 0.429. The molecule has 0 spiro atoms. The molecule has 1 aromatic rings. The van der Waals surface area contributed by atoms with E-state index >= 15 is 0 Å². The average molecular weight is 181 g/mol. The Morgan fingerprint density at radius 3 is 2.71 bits per heavy atom. The lowest BCUT2D eigenvalue weighted by Gasteiger charge is -1.57. The second-order valence-electron chi connectivity index (χ2n) is 0.892.